The first kappa shape index (κ1) is 20.0. The number of nitrogens with zero attached hydrogens (tertiary/aromatic N) is 5. The Morgan fingerprint density at radius 2 is 1.84 bits per heavy atom. The van der Waals surface area contributed by atoms with Crippen LogP contribution in [0.25, 0.3) is 39.2 Å². The summed E-state index contributed by atoms with van der Waals surface area (Å²) in [4.78, 5) is 9.34. The van der Waals surface area contributed by atoms with Crippen LogP contribution in [0, 0.1) is 6.92 Å². The molecule has 160 valence electrons. The Bertz CT molecular complexity index is 1400. The van der Waals surface area contributed by atoms with Crippen LogP contribution in [-0.2, 0) is 13.0 Å². The third-order valence-electron chi connectivity index (χ3n) is 5.34. The van der Waals surface area contributed by atoms with E-state index in [1.807, 2.05) is 49.5 Å². The van der Waals surface area contributed by atoms with Crippen LogP contribution in [0.2, 0.25) is 0 Å². The molecular formula is C24H23N7O. The van der Waals surface area contributed by atoms with Crippen LogP contribution < -0.4 is 5.73 Å². The second-order valence-electron chi connectivity index (χ2n) is 7.65. The largest absolute Gasteiger partial charge is 0.390 e. The number of pyridine rings is 2. The Morgan fingerprint density at radius 1 is 1.00 bits per heavy atom. The van der Waals surface area contributed by atoms with Crippen molar-refractivity contribution < 1.29 is 5.11 Å². The van der Waals surface area contributed by atoms with E-state index in [9.17, 15) is 5.11 Å². The van der Waals surface area contributed by atoms with E-state index in [0.29, 0.717) is 18.1 Å². The molecule has 0 aliphatic carbocycles. The molecule has 0 bridgehead atoms. The molecule has 0 saturated carbocycles. The molecule has 4 N–H and O–H groups in total. The fourth-order valence-corrected chi connectivity index (χ4v) is 3.83. The third-order valence-corrected chi connectivity index (χ3v) is 5.34. The van der Waals surface area contributed by atoms with Gasteiger partial charge in [-0.1, -0.05) is 12.1 Å². The van der Waals surface area contributed by atoms with Crippen molar-refractivity contribution in [3.63, 3.8) is 0 Å². The molecule has 4 heterocycles. The number of aliphatic hydroxyl groups is 1. The summed E-state index contributed by atoms with van der Waals surface area (Å²) in [6, 6.07) is 17.7. The lowest BCUT2D eigenvalue weighted by atomic mass is 10.0. The van der Waals surface area contributed by atoms with Crippen molar-refractivity contribution in [1.82, 2.24) is 29.9 Å². The summed E-state index contributed by atoms with van der Waals surface area (Å²) in [5.41, 5.74) is 12.7. The summed E-state index contributed by atoms with van der Waals surface area (Å²) in [5.74, 6) is 0.637. The first-order valence-corrected chi connectivity index (χ1v) is 10.4. The fourth-order valence-electron chi connectivity index (χ4n) is 3.83. The van der Waals surface area contributed by atoms with Gasteiger partial charge in [0.25, 0.3) is 0 Å². The van der Waals surface area contributed by atoms with Gasteiger partial charge in [-0.2, -0.15) is 10.2 Å². The van der Waals surface area contributed by atoms with Gasteiger partial charge < -0.3 is 10.8 Å². The van der Waals surface area contributed by atoms with E-state index in [-0.39, 0.29) is 6.61 Å². The minimum atomic E-state index is -0.131. The van der Waals surface area contributed by atoms with Gasteiger partial charge >= 0.3 is 0 Å². The molecule has 1 aromatic carbocycles. The zero-order valence-corrected chi connectivity index (χ0v) is 17.7. The minimum Gasteiger partial charge on any atom is -0.390 e. The lowest BCUT2D eigenvalue weighted by molar-refractivity contribution is 0.276. The third kappa shape index (κ3) is 3.66. The zero-order chi connectivity index (χ0) is 22.1. The standard InChI is InChI=1S/C24H23N7O/c1-15-10-22(30-29-15)19-11-16(21-6-2-4-17(27-21)8-9-25)12-23-20(19)13-26-31(23)24-7-3-5-18(14-32)28-24/h2-7,10-13,32H,8-9,14,25H2,1H3,(H,29,30). The molecular weight excluding hydrogens is 402 g/mol. The fraction of sp³-hybridized carbons (Fsp3) is 0.167. The van der Waals surface area contributed by atoms with Crippen LogP contribution in [0.4, 0.5) is 0 Å². The number of nitrogens with two attached hydrogens (primary N) is 1. The smallest absolute Gasteiger partial charge is 0.154 e. The topological polar surface area (TPSA) is 119 Å². The first-order chi connectivity index (χ1) is 15.7. The van der Waals surface area contributed by atoms with Crippen LogP contribution >= 0.6 is 0 Å². The van der Waals surface area contributed by atoms with Crippen molar-refractivity contribution in [2.45, 2.75) is 20.0 Å². The maximum absolute atomic E-state index is 9.51. The highest BCUT2D eigenvalue weighted by atomic mass is 16.3. The molecule has 0 spiro atoms. The van der Waals surface area contributed by atoms with Gasteiger partial charge in [-0.05, 0) is 55.9 Å². The molecule has 8 nitrogen and oxygen atoms in total. The zero-order valence-electron chi connectivity index (χ0n) is 17.7. The predicted molar refractivity (Wildman–Crippen MR) is 123 cm³/mol. The number of aromatic amines is 1. The lowest BCUT2D eigenvalue weighted by Crippen LogP contribution is -2.04. The summed E-state index contributed by atoms with van der Waals surface area (Å²) >= 11 is 0. The number of H-pyrrole nitrogens is 1. The highest BCUT2D eigenvalue weighted by Gasteiger charge is 2.16. The molecule has 8 heteroatoms. The molecule has 5 rings (SSSR count). The second-order valence-corrected chi connectivity index (χ2v) is 7.65. The summed E-state index contributed by atoms with van der Waals surface area (Å²) in [6.45, 7) is 2.39. The molecule has 0 atom stereocenters. The Balaban J connectivity index is 1.75. The van der Waals surface area contributed by atoms with E-state index in [1.54, 1.807) is 10.7 Å². The molecule has 0 radical (unpaired) electrons. The molecule has 0 aliphatic rings. The Hall–Kier alpha value is -3.88. The summed E-state index contributed by atoms with van der Waals surface area (Å²) in [6.07, 6.45) is 2.54. The van der Waals surface area contributed by atoms with Crippen molar-refractivity contribution in [3.05, 3.63) is 77.9 Å². The van der Waals surface area contributed by atoms with Crippen molar-refractivity contribution in [2.24, 2.45) is 5.73 Å². The van der Waals surface area contributed by atoms with E-state index < -0.39 is 0 Å². The number of hydrogen-bond donors (Lipinski definition) is 3. The highest BCUT2D eigenvalue weighted by molar-refractivity contribution is 5.97. The lowest BCUT2D eigenvalue weighted by Gasteiger charge is -2.10. The molecule has 0 amide bonds. The Morgan fingerprint density at radius 3 is 2.62 bits per heavy atom. The average Bonchev–Trinajstić information content (AvgIpc) is 3.45. The normalized spacial score (nSPS) is 11.3. The summed E-state index contributed by atoms with van der Waals surface area (Å²) < 4.78 is 1.78. The van der Waals surface area contributed by atoms with E-state index in [2.05, 4.69) is 32.4 Å². The monoisotopic (exact) mass is 425 g/mol. The average molecular weight is 425 g/mol. The number of nitrogens with one attached hydrogen (secondary N) is 1. The van der Waals surface area contributed by atoms with E-state index in [1.165, 1.54) is 0 Å². The second kappa shape index (κ2) is 8.33. The van der Waals surface area contributed by atoms with Gasteiger partial charge in [0.15, 0.2) is 5.82 Å². The van der Waals surface area contributed by atoms with E-state index >= 15 is 0 Å². The van der Waals surface area contributed by atoms with Crippen molar-refractivity contribution >= 4 is 10.9 Å². The number of aryl methyl sites for hydroxylation is 1. The van der Waals surface area contributed by atoms with Gasteiger partial charge in [0.05, 0.1) is 35.4 Å². The predicted octanol–water partition coefficient (Wildman–Crippen LogP) is 3.17. The molecule has 0 saturated heterocycles. The molecule has 0 unspecified atom stereocenters. The van der Waals surface area contributed by atoms with Crippen LogP contribution in [-0.4, -0.2) is 41.6 Å². The van der Waals surface area contributed by atoms with E-state index in [0.717, 1.165) is 51.2 Å². The SMILES string of the molecule is Cc1cc(-c2cc(-c3cccc(CCN)n3)cc3c2cnn3-c2cccc(CO)n2)n[nH]1. The Kier molecular flexibility index (Phi) is 5.22. The molecule has 5 aromatic rings. The maximum atomic E-state index is 9.51. The quantitative estimate of drug-likeness (QED) is 0.384. The van der Waals surface area contributed by atoms with Crippen LogP contribution in [0.15, 0.2) is 60.8 Å². The minimum absolute atomic E-state index is 0.131. The van der Waals surface area contributed by atoms with Gasteiger partial charge in [0.1, 0.15) is 0 Å². The summed E-state index contributed by atoms with van der Waals surface area (Å²) in [7, 11) is 0. The number of hydrogen-bond acceptors (Lipinski definition) is 6. The first-order valence-electron chi connectivity index (χ1n) is 10.4. The van der Waals surface area contributed by atoms with E-state index in [4.69, 9.17) is 10.7 Å². The molecule has 0 aliphatic heterocycles. The molecule has 4 aromatic heterocycles. The van der Waals surface area contributed by atoms with Crippen LogP contribution in [0.3, 0.4) is 0 Å². The highest BCUT2D eigenvalue weighted by Crippen LogP contribution is 2.34. The summed E-state index contributed by atoms with van der Waals surface area (Å²) in [5, 5.41) is 22.6. The van der Waals surface area contributed by atoms with Gasteiger partial charge in [-0.3, -0.25) is 10.1 Å². The number of benzene rings is 1. The van der Waals surface area contributed by atoms with Gasteiger partial charge in [-0.15, -0.1) is 0 Å². The van der Waals surface area contributed by atoms with Gasteiger partial charge in [0.2, 0.25) is 0 Å². The van der Waals surface area contributed by atoms with Crippen molar-refractivity contribution in [3.8, 4) is 28.3 Å². The number of aliphatic hydroxyl groups excluding tert-OH is 1. The van der Waals surface area contributed by atoms with Crippen LogP contribution in [0.5, 0.6) is 0 Å². The molecule has 32 heavy (non-hydrogen) atoms. The van der Waals surface area contributed by atoms with Crippen LogP contribution in [0.1, 0.15) is 17.1 Å². The number of rotatable bonds is 6. The van der Waals surface area contributed by atoms with Gasteiger partial charge in [0, 0.05) is 34.3 Å². The van der Waals surface area contributed by atoms with Gasteiger partial charge in [-0.25, -0.2) is 9.67 Å². The maximum Gasteiger partial charge on any atom is 0.154 e. The number of fused-ring (bicyclic) bond motifs is 1. The molecule has 0 fully saturated rings. The van der Waals surface area contributed by atoms with Crippen molar-refractivity contribution in [2.75, 3.05) is 6.54 Å². The number of aromatic nitrogens is 6. The Labute approximate surface area is 184 Å². The van der Waals surface area contributed by atoms with Crippen molar-refractivity contribution in [1.29, 1.82) is 0 Å².